The minimum atomic E-state index is -0.825. The summed E-state index contributed by atoms with van der Waals surface area (Å²) in [5, 5.41) is 5.79. The summed E-state index contributed by atoms with van der Waals surface area (Å²) in [7, 11) is 3.13. The summed E-state index contributed by atoms with van der Waals surface area (Å²) in [6.07, 6.45) is 2.63. The molecule has 0 aromatic heterocycles. The number of amides is 3. The van der Waals surface area contributed by atoms with Crippen LogP contribution in [0.25, 0.3) is 0 Å². The number of ether oxygens (including phenoxy) is 3. The number of methoxy groups -OCH3 is 2. The molecule has 0 saturated carbocycles. The lowest BCUT2D eigenvalue weighted by Gasteiger charge is -2.35. The van der Waals surface area contributed by atoms with Gasteiger partial charge >= 0.3 is 5.97 Å². The summed E-state index contributed by atoms with van der Waals surface area (Å²) in [5.74, 6) is -1.46. The van der Waals surface area contributed by atoms with E-state index in [1.165, 1.54) is 0 Å². The molecule has 11 nitrogen and oxygen atoms in total. The van der Waals surface area contributed by atoms with E-state index in [1.54, 1.807) is 33.0 Å². The smallest absolute Gasteiger partial charge is 0.305 e. The lowest BCUT2D eigenvalue weighted by Crippen LogP contribution is -2.54. The van der Waals surface area contributed by atoms with Gasteiger partial charge in [-0.25, -0.2) is 0 Å². The van der Waals surface area contributed by atoms with Crippen molar-refractivity contribution in [2.75, 3.05) is 33.9 Å². The summed E-state index contributed by atoms with van der Waals surface area (Å²) in [6, 6.07) is 8.08. The molecule has 4 N–H and O–H groups in total. The highest BCUT2D eigenvalue weighted by molar-refractivity contribution is 5.89. The summed E-state index contributed by atoms with van der Waals surface area (Å²) in [4.78, 5) is 53.5. The van der Waals surface area contributed by atoms with Crippen LogP contribution in [-0.2, 0) is 39.8 Å². The highest BCUT2D eigenvalue weighted by atomic mass is 16.5. The van der Waals surface area contributed by atoms with Crippen molar-refractivity contribution in [2.24, 2.45) is 17.6 Å². The van der Waals surface area contributed by atoms with Crippen molar-refractivity contribution in [1.82, 2.24) is 15.5 Å². The third kappa shape index (κ3) is 11.2. The van der Waals surface area contributed by atoms with Gasteiger partial charge in [0.1, 0.15) is 6.04 Å². The molecule has 1 fully saturated rings. The molecule has 0 aliphatic carbocycles. The average Bonchev–Trinajstić information content (AvgIpc) is 3.52. The molecule has 11 heteroatoms. The third-order valence-corrected chi connectivity index (χ3v) is 8.67. The van der Waals surface area contributed by atoms with E-state index in [0.717, 1.165) is 18.4 Å². The molecule has 44 heavy (non-hydrogen) atoms. The average molecular weight is 619 g/mol. The Balaban J connectivity index is 2.10. The predicted octanol–water partition coefficient (Wildman–Crippen LogP) is 2.59. The number of rotatable bonds is 19. The summed E-state index contributed by atoms with van der Waals surface area (Å²) in [6.45, 7) is 8.68. The van der Waals surface area contributed by atoms with E-state index in [1.807, 2.05) is 30.3 Å². The lowest BCUT2D eigenvalue weighted by atomic mass is 9.92. The number of hydrogen-bond acceptors (Lipinski definition) is 8. The maximum atomic E-state index is 13.6. The lowest BCUT2D eigenvalue weighted by molar-refractivity contribution is -0.143. The van der Waals surface area contributed by atoms with Gasteiger partial charge in [-0.05, 0) is 30.7 Å². The third-order valence-electron chi connectivity index (χ3n) is 8.67. The highest BCUT2D eigenvalue weighted by Gasteiger charge is 2.41. The van der Waals surface area contributed by atoms with Gasteiger partial charge in [-0.3, -0.25) is 19.2 Å². The van der Waals surface area contributed by atoms with E-state index >= 15 is 0 Å². The van der Waals surface area contributed by atoms with Gasteiger partial charge < -0.3 is 35.5 Å². The van der Waals surface area contributed by atoms with E-state index in [4.69, 9.17) is 19.9 Å². The first-order valence-electron chi connectivity index (χ1n) is 16.0. The highest BCUT2D eigenvalue weighted by Crippen LogP contribution is 2.28. The van der Waals surface area contributed by atoms with Crippen LogP contribution < -0.4 is 16.4 Å². The standard InChI is InChI=1S/C33H54N4O7/c1-7-22(3)30(34)27(42-5)21-28(38)37-18-12-16-26(37)31(43-6)23(4)32(40)36-25(20-24-14-10-9-11-15-24)33(41)35-17-13-19-44-29(39)8-2/h9-11,14-15,22-23,25-27,30-31H,7-8,12-13,16-21,34H2,1-6H3,(H,35,41)(H,36,40)/t22-,23+,25-,26-,27+,30-,31?/m0/s1. The minimum Gasteiger partial charge on any atom is -0.466 e. The Hall–Kier alpha value is -3.02. The number of carbonyl (C=O) groups is 4. The van der Waals surface area contributed by atoms with Crippen LogP contribution in [0.2, 0.25) is 0 Å². The second-order valence-electron chi connectivity index (χ2n) is 11.7. The Morgan fingerprint density at radius 3 is 2.36 bits per heavy atom. The summed E-state index contributed by atoms with van der Waals surface area (Å²) in [5.41, 5.74) is 7.30. The number of nitrogens with zero attached hydrogens (tertiary/aromatic N) is 1. The fraction of sp³-hybridized carbons (Fsp3) is 0.697. The van der Waals surface area contributed by atoms with Gasteiger partial charge in [0, 0.05) is 46.2 Å². The zero-order valence-corrected chi connectivity index (χ0v) is 27.4. The van der Waals surface area contributed by atoms with E-state index in [0.29, 0.717) is 38.8 Å². The molecule has 1 aliphatic heterocycles. The predicted molar refractivity (Wildman–Crippen MR) is 168 cm³/mol. The molecule has 1 aromatic rings. The molecule has 1 saturated heterocycles. The Kier molecular flexibility index (Phi) is 16.4. The van der Waals surface area contributed by atoms with Crippen molar-refractivity contribution in [1.29, 1.82) is 0 Å². The van der Waals surface area contributed by atoms with Crippen LogP contribution in [0.4, 0.5) is 0 Å². The number of nitrogens with two attached hydrogens (primary N) is 1. The zero-order valence-electron chi connectivity index (χ0n) is 27.4. The molecule has 1 heterocycles. The Morgan fingerprint density at radius 2 is 1.75 bits per heavy atom. The van der Waals surface area contributed by atoms with Crippen molar-refractivity contribution in [3.8, 4) is 0 Å². The van der Waals surface area contributed by atoms with E-state index in [9.17, 15) is 19.2 Å². The number of hydrogen-bond donors (Lipinski definition) is 3. The molecular formula is C33H54N4O7. The van der Waals surface area contributed by atoms with Crippen LogP contribution >= 0.6 is 0 Å². The zero-order chi connectivity index (χ0) is 32.6. The fourth-order valence-corrected chi connectivity index (χ4v) is 5.65. The van der Waals surface area contributed by atoms with Crippen LogP contribution in [0.15, 0.2) is 30.3 Å². The molecule has 3 amide bonds. The molecule has 7 atom stereocenters. The first-order valence-corrected chi connectivity index (χ1v) is 16.0. The van der Waals surface area contributed by atoms with E-state index < -0.39 is 24.2 Å². The second kappa shape index (κ2) is 19.4. The second-order valence-corrected chi connectivity index (χ2v) is 11.7. The Bertz CT molecular complexity index is 1040. The van der Waals surface area contributed by atoms with Crippen LogP contribution in [0.1, 0.15) is 71.8 Å². The fourth-order valence-electron chi connectivity index (χ4n) is 5.65. The van der Waals surface area contributed by atoms with Gasteiger partial charge in [-0.1, -0.05) is 64.4 Å². The van der Waals surface area contributed by atoms with Crippen molar-refractivity contribution < 1.29 is 33.4 Å². The SMILES string of the molecule is CCC(=O)OCCCNC(=O)[C@H](Cc1ccccc1)NC(=O)[C@H](C)C(OC)[C@@H]1CCCN1C(=O)C[C@@H](OC)[C@@H](N)[C@@H](C)CC. The van der Waals surface area contributed by atoms with Gasteiger partial charge in [0.2, 0.25) is 17.7 Å². The topological polar surface area (TPSA) is 149 Å². The largest absolute Gasteiger partial charge is 0.466 e. The number of esters is 1. The van der Waals surface area contributed by atoms with E-state index in [-0.39, 0.29) is 54.7 Å². The summed E-state index contributed by atoms with van der Waals surface area (Å²) >= 11 is 0. The maximum Gasteiger partial charge on any atom is 0.305 e. The van der Waals surface area contributed by atoms with Crippen LogP contribution in [0, 0.1) is 11.8 Å². The quantitative estimate of drug-likeness (QED) is 0.158. The Labute approximate surface area is 262 Å². The van der Waals surface area contributed by atoms with Gasteiger partial charge in [-0.2, -0.15) is 0 Å². The minimum absolute atomic E-state index is 0.0706. The van der Waals surface area contributed by atoms with Crippen LogP contribution in [0.3, 0.4) is 0 Å². The Morgan fingerprint density at radius 1 is 1.05 bits per heavy atom. The molecule has 2 rings (SSSR count). The van der Waals surface area contributed by atoms with E-state index in [2.05, 4.69) is 24.5 Å². The monoisotopic (exact) mass is 618 g/mol. The van der Waals surface area contributed by atoms with Gasteiger partial charge in [0.25, 0.3) is 0 Å². The number of likely N-dealkylation sites (tertiary alicyclic amines) is 1. The molecule has 248 valence electrons. The van der Waals surface area contributed by atoms with Gasteiger partial charge in [-0.15, -0.1) is 0 Å². The number of benzene rings is 1. The first kappa shape index (κ1) is 37.2. The normalized spacial score (nSPS) is 18.9. The number of carbonyl (C=O) groups excluding carboxylic acids is 4. The van der Waals surface area contributed by atoms with Gasteiger partial charge in [0.05, 0.1) is 37.2 Å². The van der Waals surface area contributed by atoms with Crippen molar-refractivity contribution >= 4 is 23.7 Å². The van der Waals surface area contributed by atoms with Crippen molar-refractivity contribution in [3.05, 3.63) is 35.9 Å². The molecule has 0 spiro atoms. The van der Waals surface area contributed by atoms with Crippen molar-refractivity contribution in [3.63, 3.8) is 0 Å². The van der Waals surface area contributed by atoms with Crippen LogP contribution in [-0.4, -0.2) is 92.8 Å². The van der Waals surface area contributed by atoms with Crippen LogP contribution in [0.5, 0.6) is 0 Å². The first-order chi connectivity index (χ1) is 21.1. The van der Waals surface area contributed by atoms with Crippen molar-refractivity contribution in [2.45, 2.75) is 103 Å². The molecule has 1 aromatic carbocycles. The number of nitrogens with one attached hydrogen (secondary N) is 2. The molecule has 0 radical (unpaired) electrons. The molecular weight excluding hydrogens is 564 g/mol. The molecule has 0 bridgehead atoms. The maximum absolute atomic E-state index is 13.6. The molecule has 1 unspecified atom stereocenters. The van der Waals surface area contributed by atoms with Gasteiger partial charge in [0.15, 0.2) is 0 Å². The summed E-state index contributed by atoms with van der Waals surface area (Å²) < 4.78 is 16.6. The molecule has 1 aliphatic rings.